The van der Waals surface area contributed by atoms with Crippen LogP contribution in [0.2, 0.25) is 0 Å². The lowest BCUT2D eigenvalue weighted by molar-refractivity contribution is 0.132. The molecule has 2 amide bonds. The fourth-order valence-corrected chi connectivity index (χ4v) is 1.09. The second-order valence-electron chi connectivity index (χ2n) is 3.50. The molecular weight excluding hydrogens is 192 g/mol. The highest BCUT2D eigenvalue weighted by molar-refractivity contribution is 5.73. The van der Waals surface area contributed by atoms with E-state index in [1.165, 1.54) is 12.8 Å². The van der Waals surface area contributed by atoms with Gasteiger partial charge >= 0.3 is 6.03 Å². The van der Waals surface area contributed by atoms with Gasteiger partial charge in [0, 0.05) is 19.7 Å². The summed E-state index contributed by atoms with van der Waals surface area (Å²) in [6.45, 7) is 6.90. The maximum Gasteiger partial charge on any atom is 0.314 e. The lowest BCUT2D eigenvalue weighted by Crippen LogP contribution is -2.37. The molecule has 0 saturated heterocycles. The highest BCUT2D eigenvalue weighted by Crippen LogP contribution is 1.93. The maximum absolute atomic E-state index is 11.1. The molecule has 0 fully saturated rings. The third kappa shape index (κ3) is 11.2. The van der Waals surface area contributed by atoms with Crippen LogP contribution in [0, 0.1) is 0 Å². The van der Waals surface area contributed by atoms with Crippen molar-refractivity contribution in [3.63, 3.8) is 0 Å². The Labute approximate surface area is 92.8 Å². The molecule has 0 spiro atoms. The van der Waals surface area contributed by atoms with Crippen LogP contribution in [0.5, 0.6) is 0 Å². The van der Waals surface area contributed by atoms with E-state index in [4.69, 9.17) is 4.74 Å². The van der Waals surface area contributed by atoms with E-state index in [1.54, 1.807) is 0 Å². The highest BCUT2D eigenvalue weighted by Gasteiger charge is 1.96. The second-order valence-corrected chi connectivity index (χ2v) is 3.50. The Morgan fingerprint density at radius 1 is 1.00 bits per heavy atom. The quantitative estimate of drug-likeness (QED) is 0.578. The summed E-state index contributed by atoms with van der Waals surface area (Å²) in [4.78, 5) is 11.1. The molecule has 0 rings (SSSR count). The fourth-order valence-electron chi connectivity index (χ4n) is 1.09. The Kier molecular flexibility index (Phi) is 10.7. The zero-order valence-corrected chi connectivity index (χ0v) is 9.97. The molecule has 0 aliphatic heterocycles. The van der Waals surface area contributed by atoms with Gasteiger partial charge in [0.25, 0.3) is 0 Å². The zero-order valence-electron chi connectivity index (χ0n) is 9.97. The van der Waals surface area contributed by atoms with Crippen molar-refractivity contribution in [3.8, 4) is 0 Å². The largest absolute Gasteiger partial charge is 0.380 e. The number of rotatable bonds is 9. The molecule has 0 atom stereocenters. The molecule has 4 heteroatoms. The van der Waals surface area contributed by atoms with Crippen LogP contribution in [-0.4, -0.2) is 32.3 Å². The van der Waals surface area contributed by atoms with E-state index < -0.39 is 0 Å². The molecule has 0 aromatic carbocycles. The summed E-state index contributed by atoms with van der Waals surface area (Å²) in [5, 5.41) is 5.47. The summed E-state index contributed by atoms with van der Waals surface area (Å²) in [6, 6.07) is -0.103. The maximum atomic E-state index is 11.1. The van der Waals surface area contributed by atoms with Gasteiger partial charge in [0.15, 0.2) is 0 Å². The van der Waals surface area contributed by atoms with E-state index in [9.17, 15) is 4.79 Å². The lowest BCUT2D eigenvalue weighted by Gasteiger charge is -2.07. The SMILES string of the molecule is CCCCCOCCNC(=O)NCCC. The summed E-state index contributed by atoms with van der Waals surface area (Å²) >= 11 is 0. The van der Waals surface area contributed by atoms with Crippen LogP contribution in [0.1, 0.15) is 39.5 Å². The van der Waals surface area contributed by atoms with Gasteiger partial charge in [-0.2, -0.15) is 0 Å². The van der Waals surface area contributed by atoms with E-state index in [1.807, 2.05) is 6.92 Å². The minimum Gasteiger partial charge on any atom is -0.380 e. The molecule has 15 heavy (non-hydrogen) atoms. The molecule has 0 aliphatic rings. The fraction of sp³-hybridized carbons (Fsp3) is 0.909. The third-order valence-corrected chi connectivity index (χ3v) is 1.96. The summed E-state index contributed by atoms with van der Waals surface area (Å²) < 4.78 is 5.35. The number of hydrogen-bond donors (Lipinski definition) is 2. The monoisotopic (exact) mass is 216 g/mol. The Morgan fingerprint density at radius 2 is 1.73 bits per heavy atom. The molecule has 90 valence electrons. The van der Waals surface area contributed by atoms with Crippen LogP contribution in [0.15, 0.2) is 0 Å². The normalized spacial score (nSPS) is 10.0. The highest BCUT2D eigenvalue weighted by atomic mass is 16.5. The van der Waals surface area contributed by atoms with Crippen molar-refractivity contribution in [2.75, 3.05) is 26.3 Å². The van der Waals surface area contributed by atoms with E-state index in [2.05, 4.69) is 17.6 Å². The third-order valence-electron chi connectivity index (χ3n) is 1.96. The van der Waals surface area contributed by atoms with Gasteiger partial charge in [-0.3, -0.25) is 0 Å². The molecule has 0 aromatic heterocycles. The Morgan fingerprint density at radius 3 is 2.40 bits per heavy atom. The Balaban J connectivity index is 3.06. The van der Waals surface area contributed by atoms with Crippen LogP contribution in [0.3, 0.4) is 0 Å². The minimum atomic E-state index is -0.103. The smallest absolute Gasteiger partial charge is 0.314 e. The van der Waals surface area contributed by atoms with Gasteiger partial charge in [0.1, 0.15) is 0 Å². The van der Waals surface area contributed by atoms with Crippen LogP contribution in [0.4, 0.5) is 4.79 Å². The van der Waals surface area contributed by atoms with Crippen molar-refractivity contribution in [2.45, 2.75) is 39.5 Å². The van der Waals surface area contributed by atoms with Crippen molar-refractivity contribution in [1.29, 1.82) is 0 Å². The first-order valence-corrected chi connectivity index (χ1v) is 5.90. The average molecular weight is 216 g/mol. The zero-order chi connectivity index (χ0) is 11.4. The molecule has 2 N–H and O–H groups in total. The van der Waals surface area contributed by atoms with E-state index in [-0.39, 0.29) is 6.03 Å². The molecule has 0 unspecified atom stereocenters. The van der Waals surface area contributed by atoms with E-state index >= 15 is 0 Å². The van der Waals surface area contributed by atoms with Gasteiger partial charge in [-0.05, 0) is 12.8 Å². The molecular formula is C11H24N2O2. The van der Waals surface area contributed by atoms with Gasteiger partial charge in [-0.15, -0.1) is 0 Å². The number of urea groups is 1. The van der Waals surface area contributed by atoms with E-state index in [0.717, 1.165) is 26.0 Å². The first-order chi connectivity index (χ1) is 7.31. The number of carbonyl (C=O) groups is 1. The number of hydrogen-bond acceptors (Lipinski definition) is 2. The van der Waals surface area contributed by atoms with Gasteiger partial charge in [0.2, 0.25) is 0 Å². The van der Waals surface area contributed by atoms with Crippen LogP contribution < -0.4 is 10.6 Å². The first kappa shape index (κ1) is 14.2. The number of nitrogens with one attached hydrogen (secondary N) is 2. The topological polar surface area (TPSA) is 50.4 Å². The molecule has 0 radical (unpaired) electrons. The minimum absolute atomic E-state index is 0.103. The number of carbonyl (C=O) groups excluding carboxylic acids is 1. The van der Waals surface area contributed by atoms with Crippen molar-refractivity contribution in [1.82, 2.24) is 10.6 Å². The number of unbranched alkanes of at least 4 members (excludes halogenated alkanes) is 2. The molecule has 0 aromatic rings. The van der Waals surface area contributed by atoms with Crippen molar-refractivity contribution in [3.05, 3.63) is 0 Å². The summed E-state index contributed by atoms with van der Waals surface area (Å²) in [6.07, 6.45) is 4.49. The predicted octanol–water partition coefficient (Wildman–Crippen LogP) is 1.90. The van der Waals surface area contributed by atoms with Gasteiger partial charge in [0.05, 0.1) is 6.61 Å². The molecule has 0 aliphatic carbocycles. The molecule has 0 bridgehead atoms. The predicted molar refractivity (Wildman–Crippen MR) is 62.0 cm³/mol. The Bertz CT molecular complexity index is 152. The van der Waals surface area contributed by atoms with E-state index in [0.29, 0.717) is 13.2 Å². The van der Waals surface area contributed by atoms with Crippen LogP contribution in [-0.2, 0) is 4.74 Å². The number of ether oxygens (including phenoxy) is 1. The second kappa shape index (κ2) is 11.3. The standard InChI is InChI=1S/C11H24N2O2/c1-3-5-6-9-15-10-8-13-11(14)12-7-4-2/h3-10H2,1-2H3,(H2,12,13,14). The summed E-state index contributed by atoms with van der Waals surface area (Å²) in [5.41, 5.74) is 0. The van der Waals surface area contributed by atoms with Gasteiger partial charge in [-0.1, -0.05) is 26.7 Å². The summed E-state index contributed by atoms with van der Waals surface area (Å²) in [7, 11) is 0. The first-order valence-electron chi connectivity index (χ1n) is 5.90. The lowest BCUT2D eigenvalue weighted by atomic mass is 10.3. The average Bonchev–Trinajstić information content (AvgIpc) is 2.25. The van der Waals surface area contributed by atoms with Gasteiger partial charge < -0.3 is 15.4 Å². The van der Waals surface area contributed by atoms with Gasteiger partial charge in [-0.25, -0.2) is 4.79 Å². The number of amides is 2. The van der Waals surface area contributed by atoms with Crippen LogP contribution >= 0.6 is 0 Å². The molecule has 4 nitrogen and oxygen atoms in total. The van der Waals surface area contributed by atoms with Crippen molar-refractivity contribution in [2.24, 2.45) is 0 Å². The molecule has 0 heterocycles. The van der Waals surface area contributed by atoms with Crippen molar-refractivity contribution >= 4 is 6.03 Å². The van der Waals surface area contributed by atoms with Crippen molar-refractivity contribution < 1.29 is 9.53 Å². The Hall–Kier alpha value is -0.770. The molecule has 0 saturated carbocycles. The summed E-state index contributed by atoms with van der Waals surface area (Å²) in [5.74, 6) is 0. The van der Waals surface area contributed by atoms with Crippen LogP contribution in [0.25, 0.3) is 0 Å².